The summed E-state index contributed by atoms with van der Waals surface area (Å²) in [5, 5.41) is 9.07. The summed E-state index contributed by atoms with van der Waals surface area (Å²) in [6.07, 6.45) is 1.64. The van der Waals surface area contributed by atoms with Crippen molar-refractivity contribution < 1.29 is 9.90 Å². The number of carboxylic acid groups (broad SMARTS) is 1. The van der Waals surface area contributed by atoms with Gasteiger partial charge in [-0.3, -0.25) is 4.79 Å². The van der Waals surface area contributed by atoms with Crippen molar-refractivity contribution in [3.05, 3.63) is 0 Å². The van der Waals surface area contributed by atoms with Crippen molar-refractivity contribution in [2.45, 2.75) is 12.8 Å². The number of likely N-dealkylation sites (tertiary alicyclic amines) is 1. The second-order valence-corrected chi connectivity index (χ2v) is 5.15. The van der Waals surface area contributed by atoms with Crippen molar-refractivity contribution in [1.29, 1.82) is 0 Å². The highest BCUT2D eigenvalue weighted by molar-refractivity contribution is 5.70. The third-order valence-electron chi connectivity index (χ3n) is 4.10. The Balaban J connectivity index is 2.10. The second-order valence-electron chi connectivity index (χ2n) is 5.15. The first-order valence-corrected chi connectivity index (χ1v) is 5.73. The third-order valence-corrected chi connectivity index (χ3v) is 4.10. The predicted molar refractivity (Wildman–Crippen MR) is 57.4 cm³/mol. The predicted octanol–water partition coefficient (Wildman–Crippen LogP) is 0.234. The molecule has 4 nitrogen and oxygen atoms in total. The minimum Gasteiger partial charge on any atom is -0.481 e. The fraction of sp³-hybridized carbons (Fsp3) is 0.909. The molecule has 2 bridgehead atoms. The first kappa shape index (κ1) is 10.9. The Morgan fingerprint density at radius 2 is 1.93 bits per heavy atom. The monoisotopic (exact) mass is 212 g/mol. The van der Waals surface area contributed by atoms with Gasteiger partial charge in [0.1, 0.15) is 0 Å². The van der Waals surface area contributed by atoms with E-state index in [4.69, 9.17) is 10.8 Å². The van der Waals surface area contributed by atoms with Crippen LogP contribution in [0.5, 0.6) is 0 Å². The molecule has 1 aliphatic carbocycles. The van der Waals surface area contributed by atoms with Gasteiger partial charge >= 0.3 is 5.97 Å². The first-order chi connectivity index (χ1) is 7.11. The van der Waals surface area contributed by atoms with Gasteiger partial charge in [0, 0.05) is 13.1 Å². The van der Waals surface area contributed by atoms with Gasteiger partial charge in [-0.1, -0.05) is 0 Å². The standard InChI is InChI=1S/C11H20N2O2/c1-13-5-8-2-7(11(14)15)3-9(6-13)10(8)4-12/h7-10H,2-6,12H2,1H3,(H,14,15). The van der Waals surface area contributed by atoms with E-state index in [9.17, 15) is 4.79 Å². The Hall–Kier alpha value is -0.610. The molecule has 0 radical (unpaired) electrons. The number of hydrogen-bond donors (Lipinski definition) is 2. The normalized spacial score (nSPS) is 41.5. The van der Waals surface area contributed by atoms with Crippen LogP contribution in [-0.4, -0.2) is 42.7 Å². The van der Waals surface area contributed by atoms with Crippen molar-refractivity contribution in [2.75, 3.05) is 26.7 Å². The van der Waals surface area contributed by atoms with Gasteiger partial charge in [-0.15, -0.1) is 0 Å². The number of rotatable bonds is 2. The summed E-state index contributed by atoms with van der Waals surface area (Å²) in [5.41, 5.74) is 5.79. The lowest BCUT2D eigenvalue weighted by Gasteiger charge is -2.47. The molecule has 2 aliphatic rings. The molecule has 1 heterocycles. The molecule has 86 valence electrons. The molecular weight excluding hydrogens is 192 g/mol. The average Bonchev–Trinajstić information content (AvgIpc) is 2.15. The zero-order chi connectivity index (χ0) is 11.0. The SMILES string of the molecule is CN1CC2CC(C(=O)O)CC(C1)C2CN. The minimum absolute atomic E-state index is 0.128. The summed E-state index contributed by atoms with van der Waals surface area (Å²) in [5.74, 6) is 0.792. The molecule has 3 N–H and O–H groups in total. The lowest BCUT2D eigenvalue weighted by atomic mass is 9.65. The van der Waals surface area contributed by atoms with E-state index >= 15 is 0 Å². The zero-order valence-corrected chi connectivity index (χ0v) is 9.22. The van der Waals surface area contributed by atoms with Crippen molar-refractivity contribution >= 4 is 5.97 Å². The van der Waals surface area contributed by atoms with Crippen molar-refractivity contribution in [1.82, 2.24) is 4.90 Å². The molecule has 0 aromatic heterocycles. The highest BCUT2D eigenvalue weighted by Gasteiger charge is 2.43. The van der Waals surface area contributed by atoms with Crippen molar-refractivity contribution in [2.24, 2.45) is 29.4 Å². The molecule has 4 heteroatoms. The van der Waals surface area contributed by atoms with Gasteiger partial charge in [0.25, 0.3) is 0 Å². The fourth-order valence-corrected chi connectivity index (χ4v) is 3.44. The average molecular weight is 212 g/mol. The lowest BCUT2D eigenvalue weighted by Crippen LogP contribution is -2.52. The Labute approximate surface area is 90.4 Å². The molecule has 0 amide bonds. The number of fused-ring (bicyclic) bond motifs is 2. The Bertz CT molecular complexity index is 241. The zero-order valence-electron chi connectivity index (χ0n) is 9.22. The molecule has 0 spiro atoms. The molecule has 2 fully saturated rings. The lowest BCUT2D eigenvalue weighted by molar-refractivity contribution is -0.146. The highest BCUT2D eigenvalue weighted by atomic mass is 16.4. The smallest absolute Gasteiger partial charge is 0.306 e. The van der Waals surface area contributed by atoms with Gasteiger partial charge in [0.2, 0.25) is 0 Å². The molecular formula is C11H20N2O2. The molecule has 2 atom stereocenters. The van der Waals surface area contributed by atoms with E-state index in [1.807, 2.05) is 0 Å². The maximum absolute atomic E-state index is 11.0. The number of carbonyl (C=O) groups is 1. The van der Waals surface area contributed by atoms with E-state index in [-0.39, 0.29) is 5.92 Å². The Morgan fingerprint density at radius 1 is 1.40 bits per heavy atom. The third kappa shape index (κ3) is 2.01. The van der Waals surface area contributed by atoms with E-state index in [0.29, 0.717) is 17.8 Å². The number of nitrogens with two attached hydrogens (primary N) is 1. The van der Waals surface area contributed by atoms with Crippen LogP contribution in [0.3, 0.4) is 0 Å². The summed E-state index contributed by atoms with van der Waals surface area (Å²) < 4.78 is 0. The molecule has 1 aliphatic heterocycles. The number of carboxylic acids is 1. The summed E-state index contributed by atoms with van der Waals surface area (Å²) in [6, 6.07) is 0. The molecule has 1 saturated heterocycles. The molecule has 15 heavy (non-hydrogen) atoms. The van der Waals surface area contributed by atoms with Gasteiger partial charge in [0.05, 0.1) is 5.92 Å². The largest absolute Gasteiger partial charge is 0.481 e. The van der Waals surface area contributed by atoms with E-state index < -0.39 is 5.97 Å². The van der Waals surface area contributed by atoms with Gasteiger partial charge in [-0.2, -0.15) is 0 Å². The van der Waals surface area contributed by atoms with Crippen LogP contribution in [0.1, 0.15) is 12.8 Å². The maximum atomic E-state index is 11.0. The molecule has 0 aromatic carbocycles. The van der Waals surface area contributed by atoms with Gasteiger partial charge in [-0.05, 0) is 44.2 Å². The van der Waals surface area contributed by atoms with Crippen molar-refractivity contribution in [3.63, 3.8) is 0 Å². The van der Waals surface area contributed by atoms with Gasteiger partial charge in [-0.25, -0.2) is 0 Å². The van der Waals surface area contributed by atoms with Gasteiger partial charge in [0.15, 0.2) is 0 Å². The fourth-order valence-electron chi connectivity index (χ4n) is 3.44. The second kappa shape index (κ2) is 4.10. The summed E-state index contributed by atoms with van der Waals surface area (Å²) in [7, 11) is 2.12. The quantitative estimate of drug-likeness (QED) is 0.688. The minimum atomic E-state index is -0.620. The number of aliphatic carboxylic acids is 1. The van der Waals surface area contributed by atoms with Crippen LogP contribution in [0.2, 0.25) is 0 Å². The first-order valence-electron chi connectivity index (χ1n) is 5.73. The van der Waals surface area contributed by atoms with E-state index in [1.54, 1.807) is 0 Å². The topological polar surface area (TPSA) is 66.6 Å². The van der Waals surface area contributed by atoms with Gasteiger partial charge < -0.3 is 15.7 Å². The van der Waals surface area contributed by atoms with Crippen molar-refractivity contribution in [3.8, 4) is 0 Å². The van der Waals surface area contributed by atoms with Crippen LogP contribution in [0.15, 0.2) is 0 Å². The van der Waals surface area contributed by atoms with E-state index in [1.165, 1.54) is 0 Å². The molecule has 2 rings (SSSR count). The number of hydrogen-bond acceptors (Lipinski definition) is 3. The number of piperidine rings is 1. The van der Waals surface area contributed by atoms with E-state index in [0.717, 1.165) is 32.5 Å². The van der Waals surface area contributed by atoms with Crippen LogP contribution in [-0.2, 0) is 4.79 Å². The Morgan fingerprint density at radius 3 is 2.33 bits per heavy atom. The van der Waals surface area contributed by atoms with Crippen LogP contribution >= 0.6 is 0 Å². The van der Waals surface area contributed by atoms with Crippen LogP contribution < -0.4 is 5.73 Å². The van der Waals surface area contributed by atoms with E-state index in [2.05, 4.69) is 11.9 Å². The maximum Gasteiger partial charge on any atom is 0.306 e. The van der Waals surface area contributed by atoms with Crippen LogP contribution in [0, 0.1) is 23.7 Å². The highest BCUT2D eigenvalue weighted by Crippen LogP contribution is 2.41. The number of nitrogens with zero attached hydrogens (tertiary/aromatic N) is 1. The summed E-state index contributed by atoms with van der Waals surface area (Å²) >= 11 is 0. The van der Waals surface area contributed by atoms with Crippen LogP contribution in [0.4, 0.5) is 0 Å². The molecule has 0 aromatic rings. The Kier molecular flexibility index (Phi) is 2.98. The summed E-state index contributed by atoms with van der Waals surface area (Å²) in [4.78, 5) is 13.3. The molecule has 1 saturated carbocycles. The molecule has 2 unspecified atom stereocenters. The summed E-state index contributed by atoms with van der Waals surface area (Å²) in [6.45, 7) is 2.75. The van der Waals surface area contributed by atoms with Crippen LogP contribution in [0.25, 0.3) is 0 Å².